The summed E-state index contributed by atoms with van der Waals surface area (Å²) < 4.78 is 6.97. The van der Waals surface area contributed by atoms with E-state index in [1.54, 1.807) is 0 Å². The summed E-state index contributed by atoms with van der Waals surface area (Å²) in [7, 11) is 0. The predicted octanol–water partition coefficient (Wildman–Crippen LogP) is 6.41. The molecule has 0 unspecified atom stereocenters. The van der Waals surface area contributed by atoms with Gasteiger partial charge in [-0.05, 0) is 49.2 Å². The van der Waals surface area contributed by atoms with E-state index in [1.165, 1.54) is 0 Å². The van der Waals surface area contributed by atoms with Crippen LogP contribution >= 0.6 is 43.5 Å². The molecule has 0 N–H and O–H groups in total. The van der Waals surface area contributed by atoms with Gasteiger partial charge in [0.15, 0.2) is 0 Å². The second kappa shape index (κ2) is 6.29. The summed E-state index contributed by atoms with van der Waals surface area (Å²) in [6, 6.07) is 9.91. The van der Waals surface area contributed by atoms with Gasteiger partial charge in [0.25, 0.3) is 0 Å². The standard InChI is InChI=1S/C15H13Br2ClO/c1-9-5-13(6-10(2)15(9)18)19-14-7-12(17)4-3-11(14)8-16/h3-7H,8H2,1-2H3. The molecular weight excluding hydrogens is 391 g/mol. The van der Waals surface area contributed by atoms with Crippen LogP contribution < -0.4 is 4.74 Å². The monoisotopic (exact) mass is 402 g/mol. The maximum atomic E-state index is 6.17. The van der Waals surface area contributed by atoms with Gasteiger partial charge in [-0.3, -0.25) is 0 Å². The molecule has 0 spiro atoms. The SMILES string of the molecule is Cc1cc(Oc2cc(Br)ccc2CBr)cc(C)c1Cl. The first-order chi connectivity index (χ1) is 9.01. The first-order valence-electron chi connectivity index (χ1n) is 5.80. The number of aryl methyl sites for hydroxylation is 2. The third-order valence-corrected chi connectivity index (χ3v) is 4.50. The van der Waals surface area contributed by atoms with Crippen LogP contribution in [0.3, 0.4) is 0 Å². The zero-order valence-electron chi connectivity index (χ0n) is 10.6. The van der Waals surface area contributed by atoms with E-state index < -0.39 is 0 Å². The van der Waals surface area contributed by atoms with Gasteiger partial charge in [-0.15, -0.1) is 0 Å². The van der Waals surface area contributed by atoms with Crippen molar-refractivity contribution in [1.82, 2.24) is 0 Å². The molecule has 19 heavy (non-hydrogen) atoms. The van der Waals surface area contributed by atoms with E-state index in [1.807, 2.05) is 44.2 Å². The van der Waals surface area contributed by atoms with Crippen molar-refractivity contribution in [2.24, 2.45) is 0 Å². The van der Waals surface area contributed by atoms with E-state index in [-0.39, 0.29) is 0 Å². The predicted molar refractivity (Wildman–Crippen MR) is 87.8 cm³/mol. The van der Waals surface area contributed by atoms with Crippen molar-refractivity contribution in [3.63, 3.8) is 0 Å². The molecule has 0 aliphatic carbocycles. The first kappa shape index (κ1) is 14.9. The Morgan fingerprint density at radius 1 is 1.11 bits per heavy atom. The van der Waals surface area contributed by atoms with Crippen molar-refractivity contribution < 1.29 is 4.74 Å². The van der Waals surface area contributed by atoms with Crippen molar-refractivity contribution in [3.05, 3.63) is 56.5 Å². The molecule has 0 aliphatic heterocycles. The summed E-state index contributed by atoms with van der Waals surface area (Å²) in [5.41, 5.74) is 3.15. The minimum Gasteiger partial charge on any atom is -0.457 e. The Labute approximate surface area is 135 Å². The summed E-state index contributed by atoms with van der Waals surface area (Å²) in [6.45, 7) is 3.96. The Morgan fingerprint density at radius 2 is 1.74 bits per heavy atom. The van der Waals surface area contributed by atoms with Gasteiger partial charge in [-0.2, -0.15) is 0 Å². The number of hydrogen-bond acceptors (Lipinski definition) is 1. The number of benzene rings is 2. The van der Waals surface area contributed by atoms with Gasteiger partial charge in [0, 0.05) is 20.4 Å². The highest BCUT2D eigenvalue weighted by molar-refractivity contribution is 9.10. The fourth-order valence-electron chi connectivity index (χ4n) is 1.83. The average Bonchev–Trinajstić information content (AvgIpc) is 2.36. The van der Waals surface area contributed by atoms with Crippen LogP contribution in [0.1, 0.15) is 16.7 Å². The van der Waals surface area contributed by atoms with Crippen LogP contribution in [-0.4, -0.2) is 0 Å². The fourth-order valence-corrected chi connectivity index (χ4v) is 2.74. The molecule has 4 heteroatoms. The second-order valence-corrected chi connectivity index (χ2v) is 6.21. The van der Waals surface area contributed by atoms with Gasteiger partial charge in [0.1, 0.15) is 11.5 Å². The topological polar surface area (TPSA) is 9.23 Å². The highest BCUT2D eigenvalue weighted by Gasteiger charge is 2.08. The number of alkyl halides is 1. The Morgan fingerprint density at radius 3 is 2.32 bits per heavy atom. The quantitative estimate of drug-likeness (QED) is 0.537. The molecule has 1 nitrogen and oxygen atoms in total. The molecule has 0 atom stereocenters. The number of ether oxygens (including phenoxy) is 1. The zero-order valence-corrected chi connectivity index (χ0v) is 14.6. The molecule has 0 saturated heterocycles. The molecule has 0 fully saturated rings. The highest BCUT2D eigenvalue weighted by atomic mass is 79.9. The summed E-state index contributed by atoms with van der Waals surface area (Å²) in [5.74, 6) is 1.65. The Balaban J connectivity index is 2.38. The fraction of sp³-hybridized carbons (Fsp3) is 0.200. The van der Waals surface area contributed by atoms with Crippen LogP contribution in [0.4, 0.5) is 0 Å². The maximum Gasteiger partial charge on any atom is 0.132 e. The zero-order chi connectivity index (χ0) is 14.0. The molecule has 2 aromatic carbocycles. The van der Waals surface area contributed by atoms with Crippen LogP contribution in [-0.2, 0) is 5.33 Å². The van der Waals surface area contributed by atoms with Crippen molar-refractivity contribution in [1.29, 1.82) is 0 Å². The summed E-state index contributed by atoms with van der Waals surface area (Å²) >= 11 is 13.1. The lowest BCUT2D eigenvalue weighted by Gasteiger charge is -2.12. The van der Waals surface area contributed by atoms with Crippen LogP contribution in [0.15, 0.2) is 34.8 Å². The van der Waals surface area contributed by atoms with E-state index in [9.17, 15) is 0 Å². The molecule has 0 aromatic heterocycles. The largest absolute Gasteiger partial charge is 0.457 e. The highest BCUT2D eigenvalue weighted by Crippen LogP contribution is 2.33. The van der Waals surface area contributed by atoms with E-state index >= 15 is 0 Å². The molecule has 0 aliphatic rings. The molecule has 0 amide bonds. The molecular formula is C15H13Br2ClO. The smallest absolute Gasteiger partial charge is 0.132 e. The van der Waals surface area contributed by atoms with Gasteiger partial charge in [-0.25, -0.2) is 0 Å². The van der Waals surface area contributed by atoms with Crippen LogP contribution in [0.25, 0.3) is 0 Å². The van der Waals surface area contributed by atoms with Gasteiger partial charge in [0.2, 0.25) is 0 Å². The molecule has 0 bridgehead atoms. The second-order valence-electron chi connectivity index (χ2n) is 4.36. The van der Waals surface area contributed by atoms with Crippen LogP contribution in [0, 0.1) is 13.8 Å². The summed E-state index contributed by atoms with van der Waals surface area (Å²) in [5, 5.41) is 1.54. The lowest BCUT2D eigenvalue weighted by Crippen LogP contribution is -1.92. The maximum absolute atomic E-state index is 6.17. The Hall–Kier alpha value is -0.510. The van der Waals surface area contributed by atoms with E-state index in [0.29, 0.717) is 0 Å². The Bertz CT molecular complexity index is 588. The normalized spacial score (nSPS) is 10.6. The van der Waals surface area contributed by atoms with Crippen molar-refractivity contribution in [2.45, 2.75) is 19.2 Å². The Kier molecular flexibility index (Phi) is 4.93. The van der Waals surface area contributed by atoms with Gasteiger partial charge < -0.3 is 4.74 Å². The van der Waals surface area contributed by atoms with Gasteiger partial charge >= 0.3 is 0 Å². The first-order valence-corrected chi connectivity index (χ1v) is 8.09. The molecule has 0 heterocycles. The minimum absolute atomic E-state index is 0.751. The molecule has 0 radical (unpaired) electrons. The van der Waals surface area contributed by atoms with E-state index in [0.717, 1.165) is 43.0 Å². The molecule has 0 saturated carbocycles. The molecule has 2 aromatic rings. The van der Waals surface area contributed by atoms with Crippen LogP contribution in [0.2, 0.25) is 5.02 Å². The number of halogens is 3. The third kappa shape index (κ3) is 3.53. The molecule has 2 rings (SSSR count). The lowest BCUT2D eigenvalue weighted by molar-refractivity contribution is 0.477. The third-order valence-electron chi connectivity index (χ3n) is 2.81. The van der Waals surface area contributed by atoms with E-state index in [4.69, 9.17) is 16.3 Å². The number of hydrogen-bond donors (Lipinski definition) is 0. The summed E-state index contributed by atoms with van der Waals surface area (Å²) in [6.07, 6.45) is 0. The number of rotatable bonds is 3. The van der Waals surface area contributed by atoms with Crippen molar-refractivity contribution in [2.75, 3.05) is 0 Å². The molecule has 100 valence electrons. The van der Waals surface area contributed by atoms with E-state index in [2.05, 4.69) is 31.9 Å². The lowest BCUT2D eigenvalue weighted by atomic mass is 10.1. The van der Waals surface area contributed by atoms with Crippen LogP contribution in [0.5, 0.6) is 11.5 Å². The van der Waals surface area contributed by atoms with Gasteiger partial charge in [0.05, 0.1) is 0 Å². The van der Waals surface area contributed by atoms with Crippen molar-refractivity contribution >= 4 is 43.5 Å². The van der Waals surface area contributed by atoms with Crippen molar-refractivity contribution in [3.8, 4) is 11.5 Å². The minimum atomic E-state index is 0.751. The summed E-state index contributed by atoms with van der Waals surface area (Å²) in [4.78, 5) is 0. The average molecular weight is 405 g/mol. The van der Waals surface area contributed by atoms with Gasteiger partial charge in [-0.1, -0.05) is 49.5 Å².